The van der Waals surface area contributed by atoms with E-state index in [0.717, 1.165) is 18.4 Å². The van der Waals surface area contributed by atoms with Gasteiger partial charge in [0.15, 0.2) is 11.5 Å². The number of benzene rings is 2. The number of pyridine rings is 1. The monoisotopic (exact) mass is 762 g/mol. The minimum absolute atomic E-state index is 0.0295. The molecule has 4 aromatic heterocycles. The van der Waals surface area contributed by atoms with Gasteiger partial charge in [-0.1, -0.05) is 6.07 Å². The van der Waals surface area contributed by atoms with E-state index in [0.29, 0.717) is 88.6 Å². The topological polar surface area (TPSA) is 138 Å². The van der Waals surface area contributed by atoms with E-state index < -0.39 is 23.8 Å². The summed E-state index contributed by atoms with van der Waals surface area (Å²) in [7, 11) is 3.41. The molecule has 6 aromatic rings. The maximum absolute atomic E-state index is 15.1. The SMILES string of the molecule is CO[C@H]1CN(C)C(=O)[C@@H]2C[C@@H](CN2c2nc3nc4c2cnn4-c2ccc(F)cc2OCC2CC(C2)OC3)Nc2cccc(n2)-c2cc(F)cc3nc(C)n(c23)C1. The van der Waals surface area contributed by atoms with Crippen LogP contribution in [0.5, 0.6) is 5.75 Å². The number of carbonyl (C=O) groups is 1. The van der Waals surface area contributed by atoms with Gasteiger partial charge in [0.2, 0.25) is 5.91 Å². The third-order valence-corrected chi connectivity index (χ3v) is 11.5. The zero-order valence-electron chi connectivity index (χ0n) is 31.2. The van der Waals surface area contributed by atoms with Crippen molar-refractivity contribution in [2.75, 3.05) is 44.1 Å². The van der Waals surface area contributed by atoms with Crippen molar-refractivity contribution in [1.82, 2.24) is 39.2 Å². The maximum Gasteiger partial charge on any atom is 0.245 e. The fraction of sp³-hybridized carbons (Fsp3) is 0.400. The summed E-state index contributed by atoms with van der Waals surface area (Å²) in [5, 5.41) is 8.93. The summed E-state index contributed by atoms with van der Waals surface area (Å²) in [6.07, 6.45) is 3.36. The molecule has 0 radical (unpaired) electrons. The van der Waals surface area contributed by atoms with E-state index in [2.05, 4.69) is 5.32 Å². The molecule has 11 rings (SSSR count). The van der Waals surface area contributed by atoms with Crippen LogP contribution in [0.15, 0.2) is 54.7 Å². The summed E-state index contributed by atoms with van der Waals surface area (Å²) >= 11 is 0. The first-order chi connectivity index (χ1) is 27.2. The minimum atomic E-state index is -0.634. The second-order valence-corrected chi connectivity index (χ2v) is 15.3. The molecule has 1 aliphatic carbocycles. The van der Waals surface area contributed by atoms with E-state index in [9.17, 15) is 9.18 Å². The molecule has 16 heteroatoms. The Balaban J connectivity index is 1.09. The molecule has 2 fully saturated rings. The van der Waals surface area contributed by atoms with Crippen LogP contribution in [0, 0.1) is 24.5 Å². The van der Waals surface area contributed by atoms with Gasteiger partial charge >= 0.3 is 0 Å². The van der Waals surface area contributed by atoms with Crippen LogP contribution in [-0.2, 0) is 27.4 Å². The highest BCUT2D eigenvalue weighted by Gasteiger charge is 2.41. The Bertz CT molecular complexity index is 2520. The Morgan fingerprint density at radius 3 is 2.70 bits per heavy atom. The number of hydrogen-bond acceptors (Lipinski definition) is 11. The summed E-state index contributed by atoms with van der Waals surface area (Å²) in [5.74, 6) is 1.98. The molecule has 0 unspecified atom stereocenters. The lowest BCUT2D eigenvalue weighted by molar-refractivity contribution is -0.132. The average molecular weight is 763 g/mol. The molecule has 288 valence electrons. The van der Waals surface area contributed by atoms with Gasteiger partial charge in [0.25, 0.3) is 0 Å². The van der Waals surface area contributed by atoms with Crippen molar-refractivity contribution >= 4 is 39.6 Å². The molecular weight excluding hydrogens is 723 g/mol. The molecular formula is C40H40F2N10O4. The fourth-order valence-corrected chi connectivity index (χ4v) is 8.63. The first kappa shape index (κ1) is 34.7. The van der Waals surface area contributed by atoms with E-state index >= 15 is 4.39 Å². The number of ether oxygens (including phenoxy) is 3. The number of imidazole rings is 1. The lowest BCUT2D eigenvalue weighted by Crippen LogP contribution is -2.47. The molecule has 1 saturated heterocycles. The number of amides is 1. The average Bonchev–Trinajstić information content (AvgIpc) is 3.87. The lowest BCUT2D eigenvalue weighted by Gasteiger charge is -2.34. The third-order valence-electron chi connectivity index (χ3n) is 11.5. The zero-order chi connectivity index (χ0) is 38.2. The number of anilines is 2. The number of nitrogens with zero attached hydrogens (tertiary/aromatic N) is 9. The van der Waals surface area contributed by atoms with E-state index in [1.54, 1.807) is 36.0 Å². The Labute approximate surface area is 320 Å². The van der Waals surface area contributed by atoms with Gasteiger partial charge in [0.05, 0.1) is 53.7 Å². The molecule has 8 bridgehead atoms. The highest BCUT2D eigenvalue weighted by Crippen LogP contribution is 2.38. The number of methoxy groups -OCH3 is 1. The van der Waals surface area contributed by atoms with Gasteiger partial charge in [-0.15, -0.1) is 0 Å². The number of rotatable bonds is 2. The van der Waals surface area contributed by atoms with Crippen molar-refractivity contribution in [2.24, 2.45) is 5.92 Å². The number of hydrogen-bond donors (Lipinski definition) is 1. The first-order valence-electron chi connectivity index (χ1n) is 18.9. The highest BCUT2D eigenvalue weighted by atomic mass is 19.1. The van der Waals surface area contributed by atoms with Crippen LogP contribution in [0.2, 0.25) is 0 Å². The predicted molar refractivity (Wildman–Crippen MR) is 203 cm³/mol. The Hall–Kier alpha value is -5.74. The normalized spacial score (nSPS) is 23.7. The number of carbonyl (C=O) groups excluding carboxylic acids is 1. The highest BCUT2D eigenvalue weighted by molar-refractivity contribution is 5.94. The van der Waals surface area contributed by atoms with Crippen LogP contribution >= 0.6 is 0 Å². The molecule has 14 nitrogen and oxygen atoms in total. The number of nitrogens with one attached hydrogen (secondary N) is 1. The summed E-state index contributed by atoms with van der Waals surface area (Å²) in [6.45, 7) is 3.54. The quantitative estimate of drug-likeness (QED) is 0.254. The molecule has 3 atom stereocenters. The number of likely N-dealkylation sites (N-methyl/N-ethyl adjacent to an activating group) is 1. The van der Waals surface area contributed by atoms with Crippen molar-refractivity contribution in [3.63, 3.8) is 0 Å². The van der Waals surface area contributed by atoms with Gasteiger partial charge in [-0.05, 0) is 62.4 Å². The molecule has 8 heterocycles. The summed E-state index contributed by atoms with van der Waals surface area (Å²) in [4.78, 5) is 38.1. The minimum Gasteiger partial charge on any atom is -0.491 e. The van der Waals surface area contributed by atoms with Gasteiger partial charge in [0.1, 0.15) is 53.2 Å². The van der Waals surface area contributed by atoms with Gasteiger partial charge < -0.3 is 33.9 Å². The van der Waals surface area contributed by atoms with Crippen molar-refractivity contribution < 1.29 is 27.8 Å². The maximum atomic E-state index is 15.1. The zero-order valence-corrected chi connectivity index (χ0v) is 31.2. The molecule has 2 aromatic carbocycles. The van der Waals surface area contributed by atoms with E-state index in [-0.39, 0.29) is 37.1 Å². The standard InChI is InChI=1S/C40H40F2N10O4/c1-21-44-31-12-24(42)11-28-30-5-4-6-35(46-30)45-25-14-33(40(53)49(2)17-27(54-3)18-50(21)37(28)31)51(16-25)38-29-15-43-52-32-8-7-23(41)13-34(32)56-19-22-9-26(10-22)55-20-36(47-38)48-39(29)52/h4-8,11-13,15,22,25-27,33H,9-10,14,16-20H2,1-3H3,(H,45,46)/t22?,25-,26?,27-,33-/m0/s1. The Morgan fingerprint density at radius 1 is 0.964 bits per heavy atom. The Kier molecular flexibility index (Phi) is 8.36. The van der Waals surface area contributed by atoms with Gasteiger partial charge in [-0.3, -0.25) is 4.79 Å². The van der Waals surface area contributed by atoms with E-state index in [4.69, 9.17) is 39.2 Å². The largest absolute Gasteiger partial charge is 0.491 e. The van der Waals surface area contributed by atoms with E-state index in [1.165, 1.54) is 24.3 Å². The molecule has 4 aliphatic heterocycles. The Morgan fingerprint density at radius 2 is 1.84 bits per heavy atom. The third kappa shape index (κ3) is 5.98. The number of fused-ring (bicyclic) bond motifs is 7. The van der Waals surface area contributed by atoms with Crippen LogP contribution in [0.25, 0.3) is 39.0 Å². The molecule has 1 amide bonds. The first-order valence-corrected chi connectivity index (χ1v) is 18.9. The van der Waals surface area contributed by atoms with Crippen molar-refractivity contribution in [2.45, 2.75) is 63.6 Å². The van der Waals surface area contributed by atoms with Gasteiger partial charge in [-0.2, -0.15) is 5.10 Å². The van der Waals surface area contributed by atoms with Gasteiger partial charge in [-0.25, -0.2) is 33.4 Å². The smallest absolute Gasteiger partial charge is 0.245 e. The van der Waals surface area contributed by atoms with Gasteiger partial charge in [0, 0.05) is 51.0 Å². The summed E-state index contributed by atoms with van der Waals surface area (Å²) in [5.41, 5.74) is 3.50. The van der Waals surface area contributed by atoms with Crippen LogP contribution in [-0.4, -0.2) is 103 Å². The number of aryl methyl sites for hydroxylation is 1. The number of halogens is 2. The molecule has 56 heavy (non-hydrogen) atoms. The predicted octanol–water partition coefficient (Wildman–Crippen LogP) is 5.05. The van der Waals surface area contributed by atoms with Crippen molar-refractivity contribution in [3.05, 3.63) is 78.0 Å². The van der Waals surface area contributed by atoms with Crippen molar-refractivity contribution in [1.29, 1.82) is 0 Å². The molecule has 1 saturated carbocycles. The number of aromatic nitrogens is 7. The van der Waals surface area contributed by atoms with Crippen LogP contribution in [0.3, 0.4) is 0 Å². The van der Waals surface area contributed by atoms with Crippen LogP contribution < -0.4 is 15.0 Å². The van der Waals surface area contributed by atoms with Crippen LogP contribution in [0.1, 0.15) is 30.9 Å². The fourth-order valence-electron chi connectivity index (χ4n) is 8.63. The summed E-state index contributed by atoms with van der Waals surface area (Å²) in [6, 6.07) is 12.1. The van der Waals surface area contributed by atoms with Crippen LogP contribution in [0.4, 0.5) is 20.4 Å². The van der Waals surface area contributed by atoms with Crippen molar-refractivity contribution in [3.8, 4) is 22.7 Å². The second kappa shape index (κ2) is 13.5. The lowest BCUT2D eigenvalue weighted by atomic mass is 9.83. The second-order valence-electron chi connectivity index (χ2n) is 15.3. The molecule has 5 aliphatic rings. The summed E-state index contributed by atoms with van der Waals surface area (Å²) < 4.78 is 51.8. The van der Waals surface area contributed by atoms with E-state index in [1.807, 2.05) is 34.6 Å². The molecule has 0 spiro atoms. The molecule has 1 N–H and O–H groups in total.